The van der Waals surface area contributed by atoms with Crippen LogP contribution in [0.1, 0.15) is 92.4 Å². The quantitative estimate of drug-likeness (QED) is 0.0774. The first-order valence-corrected chi connectivity index (χ1v) is 18.1. The van der Waals surface area contributed by atoms with Crippen LogP contribution in [0.25, 0.3) is 0 Å². The van der Waals surface area contributed by atoms with Gasteiger partial charge < -0.3 is 76.9 Å². The zero-order valence-electron chi connectivity index (χ0n) is 33.7. The normalized spacial score (nSPS) is 32.8. The number of esters is 3. The summed E-state index contributed by atoms with van der Waals surface area (Å²) in [6, 6.07) is 0. The van der Waals surface area contributed by atoms with Crippen LogP contribution in [-0.4, -0.2) is 57.4 Å². The number of aliphatic hydroxyl groups excluding tert-OH is 2. The SMILES string of the molecule is CC.CC.COC(=O)C1(C)[CH-]C2[CH-]CC[CH-]C2[CH-]C1.O=C1CCC(=O)O1.[CH2-]O.[CH2-]O.[CH2-]OC(O)(O[CH2-])C1C2CC(C1C(=O)O)C1C3CCC(C3)C21.[W+2].[W+2].[W].[Y].[Y]. The van der Waals surface area contributed by atoms with Crippen LogP contribution < -0.4 is 0 Å². The molecule has 6 aliphatic carbocycles. The van der Waals surface area contributed by atoms with E-state index >= 15 is 0 Å². The topological polar surface area (TPSA) is 186 Å². The van der Waals surface area contributed by atoms with Gasteiger partial charge >= 0.3 is 60.0 Å². The first-order valence-electron chi connectivity index (χ1n) is 18.1. The number of fused-ring (bicyclic) bond motifs is 10. The largest absolute Gasteiger partial charge is 2.00 e. The second kappa shape index (κ2) is 33.7. The summed E-state index contributed by atoms with van der Waals surface area (Å²) in [6.45, 7) is 9.97. The second-order valence-electron chi connectivity index (χ2n) is 13.4. The number of aliphatic carboxylic acids is 1. The number of hydrogen-bond donors (Lipinski definition) is 4. The maximum absolute atomic E-state index is 11.8. The number of carbonyl (C=O) groups excluding carboxylic acids is 3. The van der Waals surface area contributed by atoms with Crippen LogP contribution in [0.15, 0.2) is 0 Å². The van der Waals surface area contributed by atoms with Gasteiger partial charge in [-0.2, -0.15) is 6.42 Å². The van der Waals surface area contributed by atoms with Crippen molar-refractivity contribution in [3.05, 3.63) is 54.1 Å². The predicted octanol–water partition coefficient (Wildman–Crippen LogP) is 6.48. The Kier molecular flexibility index (Phi) is 40.4. The molecule has 0 spiro atoms. The second-order valence-corrected chi connectivity index (χ2v) is 13.4. The molecule has 1 aliphatic heterocycles. The average molecular weight is 1450 g/mol. The Morgan fingerprint density at radius 3 is 1.66 bits per heavy atom. The molecule has 7 fully saturated rings. The van der Waals surface area contributed by atoms with Gasteiger partial charge in [0, 0.05) is 86.5 Å². The molecule has 56 heavy (non-hydrogen) atoms. The van der Waals surface area contributed by atoms with E-state index in [1.165, 1.54) is 32.8 Å². The molecule has 0 amide bonds. The molecular formula is C39H62O12W3Y2-4. The third-order valence-electron chi connectivity index (χ3n) is 11.3. The molecule has 7 rings (SSSR count). The molecule has 2 radical (unpaired) electrons. The van der Waals surface area contributed by atoms with Gasteiger partial charge in [0.05, 0.1) is 31.8 Å². The Balaban J connectivity index is -0.000000220. The number of ether oxygens (including phenoxy) is 4. The van der Waals surface area contributed by atoms with Gasteiger partial charge in [-0.15, -0.1) is 0 Å². The Morgan fingerprint density at radius 2 is 1.27 bits per heavy atom. The zero-order valence-corrected chi connectivity index (χ0v) is 48.2. The molecule has 11 unspecified atom stereocenters. The summed E-state index contributed by atoms with van der Waals surface area (Å²) < 4.78 is 18.7. The van der Waals surface area contributed by atoms with Gasteiger partial charge in [-0.3, -0.25) is 19.2 Å². The number of hydrogen-bond acceptors (Lipinski definition) is 11. The standard InChI is InChI=1S/C16H22O5.C13H18O2.C4H4O3.2C2H6.2CH3O.3W.2Y/c1-20-16(19,21-2)14-10-6-9(13(14)15(17)18)11-7-3-4-8(5-7)12(10)11;1-13(12(14)15-2)8-7-10-5-3-4-6-11(10)9-13;5-3-1-2-4(6)7-3;4*1-2;;;;;/h7-14,19H,1-6H2,(H,17,18);5-7,9-11H,3-4,8H2,1-2H3;1-2H2;2*1-2H3;2*2H,1H2;;;;;/q-2;-4;;;;2*-1;;2*+2;;. The monoisotopic (exact) mass is 1450 g/mol. The van der Waals surface area contributed by atoms with E-state index in [2.05, 4.69) is 58.9 Å². The molecule has 0 aromatic rings. The predicted molar refractivity (Wildman–Crippen MR) is 188 cm³/mol. The van der Waals surface area contributed by atoms with Crippen LogP contribution in [0.5, 0.6) is 0 Å². The number of cyclic esters (lactones) is 2. The van der Waals surface area contributed by atoms with Gasteiger partial charge in [-0.1, -0.05) is 40.0 Å². The van der Waals surface area contributed by atoms with E-state index in [1.54, 1.807) is 0 Å². The number of rotatable bonds is 5. The number of carbonyl (C=O) groups is 4. The third kappa shape index (κ3) is 16.4. The van der Waals surface area contributed by atoms with E-state index in [0.717, 1.165) is 19.3 Å². The van der Waals surface area contributed by atoms with Gasteiger partial charge in [0.2, 0.25) is 5.97 Å². The van der Waals surface area contributed by atoms with Crippen molar-refractivity contribution >= 4 is 23.9 Å². The summed E-state index contributed by atoms with van der Waals surface area (Å²) in [6.07, 6.45) is 17.3. The molecular weight excluding hydrogens is 1390 g/mol. The van der Waals surface area contributed by atoms with E-state index in [9.17, 15) is 29.4 Å². The summed E-state index contributed by atoms with van der Waals surface area (Å²) in [4.78, 5) is 43.5. The van der Waals surface area contributed by atoms with Crippen LogP contribution in [-0.2, 0) is 167 Å². The van der Waals surface area contributed by atoms with Crippen LogP contribution in [0.4, 0.5) is 0 Å². The molecule has 1 heterocycles. The first kappa shape index (κ1) is 67.2. The summed E-state index contributed by atoms with van der Waals surface area (Å²) >= 11 is 0. The van der Waals surface area contributed by atoms with Gasteiger partial charge in [0.1, 0.15) is 0 Å². The Labute approximate surface area is 430 Å². The van der Waals surface area contributed by atoms with Crippen molar-refractivity contribution in [1.29, 1.82) is 0 Å². The van der Waals surface area contributed by atoms with Crippen LogP contribution in [0, 0.1) is 119 Å². The van der Waals surface area contributed by atoms with E-state index in [-0.39, 0.29) is 159 Å². The Morgan fingerprint density at radius 1 is 0.821 bits per heavy atom. The van der Waals surface area contributed by atoms with Crippen LogP contribution in [0.3, 0.4) is 0 Å². The Hall–Kier alpha value is 2.15. The van der Waals surface area contributed by atoms with Crippen LogP contribution >= 0.6 is 0 Å². The third-order valence-corrected chi connectivity index (χ3v) is 11.3. The average Bonchev–Trinajstić information content (AvgIpc) is 4.02. The van der Waals surface area contributed by atoms with Crippen molar-refractivity contribution in [1.82, 2.24) is 0 Å². The van der Waals surface area contributed by atoms with Crippen molar-refractivity contribution < 1.29 is 187 Å². The number of methoxy groups -OCH3 is 1. The number of carboxylic acid groups (broad SMARTS) is 1. The minimum Gasteiger partial charge on any atom is -0.569 e. The van der Waals surface area contributed by atoms with E-state index in [0.29, 0.717) is 35.5 Å². The molecule has 17 heteroatoms. The van der Waals surface area contributed by atoms with Crippen molar-refractivity contribution in [3.8, 4) is 0 Å². The Bertz CT molecular complexity index is 1090. The fourth-order valence-electron chi connectivity index (χ4n) is 9.67. The molecule has 4 N–H and O–H groups in total. The molecule has 0 aromatic heterocycles. The fraction of sp³-hybridized carbons (Fsp3) is 0.692. The fourth-order valence-corrected chi connectivity index (χ4v) is 9.67. The number of carboxylic acids is 1. The summed E-state index contributed by atoms with van der Waals surface area (Å²) in [5.74, 6) is -1.30. The van der Waals surface area contributed by atoms with Crippen molar-refractivity contribution in [2.75, 3.05) is 7.11 Å². The van der Waals surface area contributed by atoms with Crippen LogP contribution in [0.2, 0.25) is 0 Å². The minimum atomic E-state index is -1.99. The maximum atomic E-state index is 11.8. The molecule has 11 atom stereocenters. The molecule has 7 aliphatic rings. The first-order chi connectivity index (χ1) is 24.5. The maximum Gasteiger partial charge on any atom is 2.00 e. The molecule has 6 saturated carbocycles. The molecule has 4 bridgehead atoms. The minimum absolute atomic E-state index is 0. The van der Waals surface area contributed by atoms with Gasteiger partial charge in [-0.05, 0) is 61.2 Å². The van der Waals surface area contributed by atoms with Crippen molar-refractivity contribution in [3.63, 3.8) is 0 Å². The van der Waals surface area contributed by atoms with Gasteiger partial charge in [-0.25, -0.2) is 41.3 Å². The summed E-state index contributed by atoms with van der Waals surface area (Å²) in [5, 5.41) is 33.7. The zero-order chi connectivity index (χ0) is 39.1. The van der Waals surface area contributed by atoms with Gasteiger partial charge in [0.15, 0.2) is 0 Å². The van der Waals surface area contributed by atoms with E-state index in [4.69, 9.17) is 24.4 Å². The molecule has 12 nitrogen and oxygen atoms in total. The van der Waals surface area contributed by atoms with Gasteiger partial charge in [0.25, 0.3) is 5.97 Å². The summed E-state index contributed by atoms with van der Waals surface area (Å²) in [5.41, 5.74) is -0.419. The number of aliphatic hydroxyl groups is 3. The molecule has 318 valence electrons. The molecule has 1 saturated heterocycles. The van der Waals surface area contributed by atoms with Crippen molar-refractivity contribution in [2.24, 2.45) is 64.6 Å². The van der Waals surface area contributed by atoms with Crippen molar-refractivity contribution in [2.45, 2.75) is 98.4 Å². The van der Waals surface area contributed by atoms with E-state index in [1.807, 2.05) is 34.6 Å². The molecule has 0 aromatic carbocycles. The summed E-state index contributed by atoms with van der Waals surface area (Å²) in [7, 11) is 12.5. The smallest absolute Gasteiger partial charge is 0.569 e. The van der Waals surface area contributed by atoms with E-state index < -0.39 is 41.1 Å².